The molecule has 0 fully saturated rings. The molecular weight excluding hydrogens is 1160 g/mol. The average Bonchev–Trinajstić information content (AvgIpc) is 0.840. The topological polar surface area (TPSA) is 302 Å². The summed E-state index contributed by atoms with van der Waals surface area (Å²) in [5, 5.41) is 35.4. The van der Waals surface area contributed by atoms with Gasteiger partial charge in [0.2, 0.25) is 0 Å². The molecule has 0 aliphatic heterocycles. The van der Waals surface area contributed by atoms with E-state index in [1.165, 1.54) is 19.2 Å². The van der Waals surface area contributed by atoms with E-state index in [1.807, 2.05) is 48.5 Å². The molecule has 0 amide bonds. The van der Waals surface area contributed by atoms with Crippen LogP contribution in [0.4, 0.5) is 11.4 Å². The minimum Gasteiger partial charge on any atom is -0.744 e. The molecule has 26 nitrogen and oxygen atoms in total. The quantitative estimate of drug-likeness (QED) is 0.0353. The Labute approximate surface area is 514 Å². The molecule has 0 radical (unpaired) electrons. The summed E-state index contributed by atoms with van der Waals surface area (Å²) in [5.74, 6) is 0. The molecule has 27 heteroatoms. The van der Waals surface area contributed by atoms with Gasteiger partial charge in [-0.05, 0) is 41.5 Å². The first-order valence-corrected chi connectivity index (χ1v) is 31.2. The zero-order chi connectivity index (χ0) is 62.4. The van der Waals surface area contributed by atoms with Gasteiger partial charge in [-0.15, -0.1) is 0 Å². The lowest BCUT2D eigenvalue weighted by molar-refractivity contribution is -0.00592. The molecule has 0 saturated heterocycles. The SMILES string of the molecule is COC(c1ccc(N(CCOCCOCCOCCOCCO)CCOCCOCCOCCOCCO)cc1)(c1ccc(N(CCOCCOCCOCCOCCO)CCOCCOCCOCCOCCO)cc1)c1ccccc1S(=O)(=O)[O-]. The Balaban J connectivity index is 1.80. The monoisotopic (exact) mass is 1260 g/mol. The van der Waals surface area contributed by atoms with E-state index in [9.17, 15) is 13.0 Å². The van der Waals surface area contributed by atoms with Crippen LogP contribution in [0, 0.1) is 0 Å². The van der Waals surface area contributed by atoms with E-state index < -0.39 is 20.6 Å². The highest BCUT2D eigenvalue weighted by atomic mass is 32.2. The van der Waals surface area contributed by atoms with Crippen LogP contribution in [0.5, 0.6) is 0 Å². The van der Waals surface area contributed by atoms with Crippen molar-refractivity contribution in [3.05, 3.63) is 89.5 Å². The van der Waals surface area contributed by atoms with E-state index in [4.69, 9.17) is 101 Å². The van der Waals surface area contributed by atoms with Crippen LogP contribution in [0.2, 0.25) is 0 Å². The number of rotatable bonds is 63. The third-order valence-corrected chi connectivity index (χ3v) is 13.4. The fraction of sp³-hybridized carbons (Fsp3) is 0.700. The lowest BCUT2D eigenvalue weighted by Crippen LogP contribution is -2.34. The molecule has 0 aromatic heterocycles. The number of ether oxygens (including phenoxy) is 17. The summed E-state index contributed by atoms with van der Waals surface area (Å²) < 4.78 is 135. The maximum atomic E-state index is 13.1. The average molecular weight is 1260 g/mol. The molecule has 0 bridgehead atoms. The Morgan fingerprint density at radius 1 is 0.333 bits per heavy atom. The molecule has 0 heterocycles. The first-order chi connectivity index (χ1) is 42.8. The number of methoxy groups -OCH3 is 1. The summed E-state index contributed by atoms with van der Waals surface area (Å²) in [6.45, 7) is 13.5. The molecule has 3 rings (SSSR count). The summed E-state index contributed by atoms with van der Waals surface area (Å²) >= 11 is 0. The van der Waals surface area contributed by atoms with Crippen LogP contribution >= 0.6 is 0 Å². The first-order valence-electron chi connectivity index (χ1n) is 29.8. The molecule has 87 heavy (non-hydrogen) atoms. The van der Waals surface area contributed by atoms with Gasteiger partial charge in [-0.1, -0.05) is 42.5 Å². The Hall–Kier alpha value is -3.67. The maximum Gasteiger partial charge on any atom is 0.144 e. The number of anilines is 2. The largest absolute Gasteiger partial charge is 0.744 e. The number of hydrogen-bond acceptors (Lipinski definition) is 26. The van der Waals surface area contributed by atoms with E-state index >= 15 is 0 Å². The van der Waals surface area contributed by atoms with Gasteiger partial charge in [0.25, 0.3) is 0 Å². The van der Waals surface area contributed by atoms with Crippen molar-refractivity contribution in [1.29, 1.82) is 0 Å². The number of benzene rings is 3. The summed E-state index contributed by atoms with van der Waals surface area (Å²) in [5.41, 5.74) is 1.31. The van der Waals surface area contributed by atoms with Crippen molar-refractivity contribution < 1.29 is 114 Å². The predicted molar refractivity (Wildman–Crippen MR) is 320 cm³/mol. The van der Waals surface area contributed by atoms with Gasteiger partial charge in [0.1, 0.15) is 15.7 Å². The van der Waals surface area contributed by atoms with Crippen molar-refractivity contribution >= 4 is 21.5 Å². The van der Waals surface area contributed by atoms with E-state index in [0.29, 0.717) is 222 Å². The summed E-state index contributed by atoms with van der Waals surface area (Å²) in [7, 11) is -3.52. The van der Waals surface area contributed by atoms with Crippen LogP contribution < -0.4 is 9.80 Å². The second kappa shape index (κ2) is 53.0. The smallest absolute Gasteiger partial charge is 0.144 e. The molecule has 0 aliphatic rings. The molecule has 3 aromatic carbocycles. The second-order valence-corrected chi connectivity index (χ2v) is 19.9. The minimum atomic E-state index is -5.00. The zero-order valence-corrected chi connectivity index (χ0v) is 51.8. The van der Waals surface area contributed by atoms with Gasteiger partial charge in [0, 0.05) is 50.2 Å². The Morgan fingerprint density at radius 2 is 0.552 bits per heavy atom. The van der Waals surface area contributed by atoms with Crippen LogP contribution in [0.1, 0.15) is 16.7 Å². The first kappa shape index (κ1) is 77.6. The van der Waals surface area contributed by atoms with Crippen LogP contribution in [0.25, 0.3) is 0 Å². The molecule has 0 spiro atoms. The van der Waals surface area contributed by atoms with Crippen LogP contribution in [-0.2, 0) is 96.2 Å². The van der Waals surface area contributed by atoms with Crippen LogP contribution in [-0.4, -0.2) is 305 Å². The van der Waals surface area contributed by atoms with Gasteiger partial charge in [-0.3, -0.25) is 0 Å². The van der Waals surface area contributed by atoms with E-state index in [1.54, 1.807) is 12.1 Å². The van der Waals surface area contributed by atoms with Crippen molar-refractivity contribution in [2.45, 2.75) is 10.5 Å². The molecule has 3 aromatic rings. The standard InChI is InChI=1S/C60H100N2O24S/c1-70-60(58-4-2-3-5-59(58)87(67,68)69,54-6-10-56(11-7-54)61(14-22-71-30-38-79-46-50-83-42-34-75-26-18-63)15-23-72-31-39-80-47-51-84-43-35-76-27-19-64)55-8-12-57(13-9-55)62(16-24-73-32-40-81-48-52-85-44-36-77-28-20-65)17-25-74-33-41-82-49-53-86-45-37-78-29-21-66/h2-13,63-66H,14-53H2,1H3,(H,67,68,69)/p-1. The predicted octanol–water partition coefficient (Wildman–Crippen LogP) is 1.38. The maximum absolute atomic E-state index is 13.1. The normalized spacial score (nSPS) is 12.0. The molecule has 4 N–H and O–H groups in total. The summed E-state index contributed by atoms with van der Waals surface area (Å²) in [4.78, 5) is 3.80. The van der Waals surface area contributed by atoms with E-state index in [2.05, 4.69) is 9.80 Å². The molecule has 0 unspecified atom stereocenters. The van der Waals surface area contributed by atoms with Gasteiger partial charge in [-0.2, -0.15) is 0 Å². The molecule has 0 aliphatic carbocycles. The summed E-state index contributed by atoms with van der Waals surface area (Å²) in [6.07, 6.45) is 0. The zero-order valence-electron chi connectivity index (χ0n) is 51.0. The Bertz CT molecular complexity index is 1970. The Kier molecular flexibility index (Phi) is 47.3. The van der Waals surface area contributed by atoms with Crippen molar-refractivity contribution in [2.75, 3.05) is 281 Å². The van der Waals surface area contributed by atoms with Gasteiger partial charge < -0.3 is 115 Å². The van der Waals surface area contributed by atoms with E-state index in [0.717, 1.165) is 11.4 Å². The van der Waals surface area contributed by atoms with Crippen molar-refractivity contribution in [1.82, 2.24) is 0 Å². The summed E-state index contributed by atoms with van der Waals surface area (Å²) in [6, 6.07) is 21.2. The number of nitrogens with zero attached hydrogens (tertiary/aromatic N) is 2. The van der Waals surface area contributed by atoms with Gasteiger partial charge >= 0.3 is 0 Å². The number of aliphatic hydroxyl groups is 4. The second-order valence-electron chi connectivity index (χ2n) is 18.6. The molecule has 0 atom stereocenters. The minimum absolute atomic E-state index is 0.0369. The molecule has 0 saturated carbocycles. The van der Waals surface area contributed by atoms with Crippen LogP contribution in [0.3, 0.4) is 0 Å². The lowest BCUT2D eigenvalue weighted by Gasteiger charge is -2.37. The highest BCUT2D eigenvalue weighted by Gasteiger charge is 2.40. The van der Waals surface area contributed by atoms with Crippen LogP contribution in [0.15, 0.2) is 77.7 Å². The Morgan fingerprint density at radius 3 is 0.770 bits per heavy atom. The fourth-order valence-corrected chi connectivity index (χ4v) is 9.08. The van der Waals surface area contributed by atoms with Gasteiger partial charge in [-0.25, -0.2) is 8.42 Å². The fourth-order valence-electron chi connectivity index (χ4n) is 8.36. The van der Waals surface area contributed by atoms with Gasteiger partial charge in [0.05, 0.1) is 243 Å². The van der Waals surface area contributed by atoms with Gasteiger partial charge in [0.15, 0.2) is 0 Å². The highest BCUT2D eigenvalue weighted by Crippen LogP contribution is 2.43. The third kappa shape index (κ3) is 35.5. The number of aliphatic hydroxyl groups excluding tert-OH is 4. The van der Waals surface area contributed by atoms with E-state index in [-0.39, 0.29) is 58.4 Å². The number of hydrogen-bond donors (Lipinski definition) is 4. The molecule has 500 valence electrons. The van der Waals surface area contributed by atoms with Crippen molar-refractivity contribution in [3.63, 3.8) is 0 Å². The highest BCUT2D eigenvalue weighted by molar-refractivity contribution is 7.85. The lowest BCUT2D eigenvalue weighted by atomic mass is 9.79. The van der Waals surface area contributed by atoms with Crippen molar-refractivity contribution in [3.8, 4) is 0 Å². The third-order valence-electron chi connectivity index (χ3n) is 12.5. The van der Waals surface area contributed by atoms with Crippen molar-refractivity contribution in [2.24, 2.45) is 0 Å². The molecular formula is C60H99N2O24S-.